The maximum Gasteiger partial charge on any atom is 0.0609 e. The van der Waals surface area contributed by atoms with E-state index in [0.717, 1.165) is 17.4 Å². The van der Waals surface area contributed by atoms with Gasteiger partial charge in [-0.1, -0.05) is 29.3 Å². The van der Waals surface area contributed by atoms with Crippen LogP contribution in [0.1, 0.15) is 24.8 Å². The Labute approximate surface area is 112 Å². The zero-order valence-electron chi connectivity index (χ0n) is 9.57. The minimum absolute atomic E-state index is 0.249. The normalized spacial score (nSPS) is 32.3. The molecular weight excluding hydrogens is 255 g/mol. The first-order valence-electron chi connectivity index (χ1n) is 6.25. The summed E-state index contributed by atoms with van der Waals surface area (Å²) in [6, 6.07) is 5.50. The predicted octanol–water partition coefficient (Wildman–Crippen LogP) is 3.94. The van der Waals surface area contributed by atoms with Crippen LogP contribution in [0.25, 0.3) is 0 Å². The predicted molar refractivity (Wildman–Crippen MR) is 70.5 cm³/mol. The summed E-state index contributed by atoms with van der Waals surface area (Å²) < 4.78 is 0. The summed E-state index contributed by atoms with van der Waals surface area (Å²) in [5, 5.41) is 11.6. The number of fused-ring (bicyclic) bond motifs is 1. The summed E-state index contributed by atoms with van der Waals surface area (Å²) in [5.74, 6) is 2.30. The van der Waals surface area contributed by atoms with Gasteiger partial charge in [0.15, 0.2) is 0 Å². The fraction of sp³-hybridized carbons (Fsp3) is 0.571. The quantitative estimate of drug-likeness (QED) is 0.882. The summed E-state index contributed by atoms with van der Waals surface area (Å²) in [6.07, 6.45) is 4.21. The first-order valence-corrected chi connectivity index (χ1v) is 7.01. The van der Waals surface area contributed by atoms with Crippen LogP contribution in [0.5, 0.6) is 0 Å². The Bertz CT molecular complexity index is 422. The lowest BCUT2D eigenvalue weighted by molar-refractivity contribution is 0.104. The second kappa shape index (κ2) is 4.46. The number of aliphatic hydroxyl groups is 1. The van der Waals surface area contributed by atoms with Gasteiger partial charge in [0, 0.05) is 16.5 Å². The van der Waals surface area contributed by atoms with Gasteiger partial charge in [-0.05, 0) is 54.7 Å². The Morgan fingerprint density at radius 3 is 2.53 bits per heavy atom. The molecule has 2 aliphatic carbocycles. The van der Waals surface area contributed by atoms with Gasteiger partial charge in [-0.15, -0.1) is 0 Å². The van der Waals surface area contributed by atoms with Crippen LogP contribution in [0.15, 0.2) is 18.2 Å². The molecule has 1 N–H and O–H groups in total. The summed E-state index contributed by atoms with van der Waals surface area (Å²) in [4.78, 5) is 0. The molecule has 3 atom stereocenters. The van der Waals surface area contributed by atoms with Gasteiger partial charge >= 0.3 is 0 Å². The number of aliphatic hydroxyl groups excluding tert-OH is 1. The standard InChI is InChI=1S/C14H16Cl2O/c15-12-2-1-8(13(16)7-12)6-14(17)11-4-9-3-10(9)5-11/h1-2,7,9-11,14,17H,3-6H2. The molecule has 0 bridgehead atoms. The van der Waals surface area contributed by atoms with Gasteiger partial charge < -0.3 is 5.11 Å². The molecule has 1 aromatic carbocycles. The van der Waals surface area contributed by atoms with E-state index in [1.165, 1.54) is 19.3 Å². The molecule has 92 valence electrons. The molecule has 0 aliphatic heterocycles. The van der Waals surface area contributed by atoms with Crippen LogP contribution in [0.4, 0.5) is 0 Å². The maximum absolute atomic E-state index is 10.2. The van der Waals surface area contributed by atoms with E-state index in [4.69, 9.17) is 23.2 Å². The molecule has 2 saturated carbocycles. The molecule has 3 heteroatoms. The second-order valence-corrected chi connectivity index (χ2v) is 6.34. The van der Waals surface area contributed by atoms with Crippen molar-refractivity contribution in [2.24, 2.45) is 17.8 Å². The molecule has 0 heterocycles. The first-order chi connectivity index (χ1) is 8.13. The zero-order chi connectivity index (χ0) is 12.0. The van der Waals surface area contributed by atoms with Crippen LogP contribution in [0.2, 0.25) is 10.0 Å². The van der Waals surface area contributed by atoms with E-state index < -0.39 is 0 Å². The van der Waals surface area contributed by atoms with Crippen LogP contribution < -0.4 is 0 Å². The van der Waals surface area contributed by atoms with Crippen molar-refractivity contribution in [2.75, 3.05) is 0 Å². The molecule has 0 aromatic heterocycles. The Hall–Kier alpha value is -0.240. The van der Waals surface area contributed by atoms with Crippen molar-refractivity contribution < 1.29 is 5.11 Å². The zero-order valence-corrected chi connectivity index (χ0v) is 11.1. The molecule has 0 amide bonds. The third kappa shape index (κ3) is 2.47. The Morgan fingerprint density at radius 1 is 1.18 bits per heavy atom. The number of hydrogen-bond donors (Lipinski definition) is 1. The fourth-order valence-electron chi connectivity index (χ4n) is 3.15. The van der Waals surface area contributed by atoms with Crippen molar-refractivity contribution in [3.63, 3.8) is 0 Å². The molecule has 0 saturated heterocycles. The van der Waals surface area contributed by atoms with Crippen molar-refractivity contribution in [2.45, 2.75) is 31.8 Å². The van der Waals surface area contributed by atoms with E-state index >= 15 is 0 Å². The van der Waals surface area contributed by atoms with Crippen LogP contribution >= 0.6 is 23.2 Å². The Balaban J connectivity index is 1.65. The van der Waals surface area contributed by atoms with Gasteiger partial charge in [0.2, 0.25) is 0 Å². The van der Waals surface area contributed by atoms with Crippen molar-refractivity contribution in [1.82, 2.24) is 0 Å². The van der Waals surface area contributed by atoms with Crippen molar-refractivity contribution >= 4 is 23.2 Å². The average molecular weight is 271 g/mol. The van der Waals surface area contributed by atoms with E-state index in [1.54, 1.807) is 6.07 Å². The molecule has 2 fully saturated rings. The van der Waals surface area contributed by atoms with E-state index in [9.17, 15) is 5.11 Å². The molecule has 0 spiro atoms. The Kier molecular flexibility index (Phi) is 3.10. The largest absolute Gasteiger partial charge is 0.392 e. The molecule has 3 unspecified atom stereocenters. The molecule has 1 nitrogen and oxygen atoms in total. The summed E-state index contributed by atoms with van der Waals surface area (Å²) in [6.45, 7) is 0. The van der Waals surface area contributed by atoms with E-state index in [-0.39, 0.29) is 6.10 Å². The van der Waals surface area contributed by atoms with Crippen molar-refractivity contribution in [3.05, 3.63) is 33.8 Å². The van der Waals surface area contributed by atoms with Crippen LogP contribution in [0, 0.1) is 17.8 Å². The second-order valence-electron chi connectivity index (χ2n) is 5.49. The van der Waals surface area contributed by atoms with Gasteiger partial charge in [0.1, 0.15) is 0 Å². The molecule has 0 radical (unpaired) electrons. The smallest absolute Gasteiger partial charge is 0.0609 e. The summed E-state index contributed by atoms with van der Waals surface area (Å²) in [7, 11) is 0. The summed E-state index contributed by atoms with van der Waals surface area (Å²) in [5.41, 5.74) is 1.00. The third-order valence-electron chi connectivity index (χ3n) is 4.27. The van der Waals surface area contributed by atoms with E-state index in [1.807, 2.05) is 12.1 Å². The summed E-state index contributed by atoms with van der Waals surface area (Å²) >= 11 is 12.0. The van der Waals surface area contributed by atoms with Gasteiger partial charge in [-0.25, -0.2) is 0 Å². The molecular formula is C14H16Cl2O. The number of hydrogen-bond acceptors (Lipinski definition) is 1. The topological polar surface area (TPSA) is 20.2 Å². The lowest BCUT2D eigenvalue weighted by atomic mass is 9.92. The highest BCUT2D eigenvalue weighted by Crippen LogP contribution is 2.55. The highest BCUT2D eigenvalue weighted by Gasteiger charge is 2.47. The molecule has 1 aromatic rings. The van der Waals surface area contributed by atoms with Gasteiger partial charge in [-0.3, -0.25) is 0 Å². The van der Waals surface area contributed by atoms with Crippen LogP contribution in [-0.2, 0) is 6.42 Å². The fourth-order valence-corrected chi connectivity index (χ4v) is 3.64. The SMILES string of the molecule is OC(Cc1ccc(Cl)cc1Cl)C1CC2CC2C1. The van der Waals surface area contributed by atoms with Gasteiger partial charge in [0.25, 0.3) is 0 Å². The van der Waals surface area contributed by atoms with Crippen LogP contribution in [-0.4, -0.2) is 11.2 Å². The third-order valence-corrected chi connectivity index (χ3v) is 4.86. The van der Waals surface area contributed by atoms with Crippen molar-refractivity contribution in [3.8, 4) is 0 Å². The highest BCUT2D eigenvalue weighted by atomic mass is 35.5. The van der Waals surface area contributed by atoms with E-state index in [2.05, 4.69) is 0 Å². The van der Waals surface area contributed by atoms with Gasteiger partial charge in [0.05, 0.1) is 6.10 Å². The Morgan fingerprint density at radius 2 is 1.88 bits per heavy atom. The van der Waals surface area contributed by atoms with Gasteiger partial charge in [-0.2, -0.15) is 0 Å². The lowest BCUT2D eigenvalue weighted by Crippen LogP contribution is -2.21. The molecule has 3 rings (SSSR count). The van der Waals surface area contributed by atoms with Crippen LogP contribution in [0.3, 0.4) is 0 Å². The van der Waals surface area contributed by atoms with E-state index in [0.29, 0.717) is 22.4 Å². The molecule has 2 aliphatic rings. The maximum atomic E-state index is 10.2. The van der Waals surface area contributed by atoms with Crippen molar-refractivity contribution in [1.29, 1.82) is 0 Å². The number of benzene rings is 1. The molecule has 17 heavy (non-hydrogen) atoms. The first kappa shape index (κ1) is 11.8. The monoisotopic (exact) mass is 270 g/mol. The number of rotatable bonds is 3. The minimum Gasteiger partial charge on any atom is -0.392 e. The number of halogens is 2. The minimum atomic E-state index is -0.249. The average Bonchev–Trinajstić information content (AvgIpc) is 2.89. The highest BCUT2D eigenvalue weighted by molar-refractivity contribution is 6.35. The lowest BCUT2D eigenvalue weighted by Gasteiger charge is -2.20.